The number of ether oxygens (including phenoxy) is 2. The van der Waals surface area contributed by atoms with Gasteiger partial charge < -0.3 is 19.2 Å². The van der Waals surface area contributed by atoms with Gasteiger partial charge in [-0.05, 0) is 32.2 Å². The molecule has 1 aromatic heterocycles. The maximum absolute atomic E-state index is 12.0. The molecule has 0 unspecified atom stereocenters. The number of carbonyl (C=O) groups excluding carboxylic acids is 1. The maximum Gasteiger partial charge on any atom is 0.231 e. The topological polar surface area (TPSA) is 120 Å². The van der Waals surface area contributed by atoms with Crippen molar-refractivity contribution in [2.24, 2.45) is 0 Å². The summed E-state index contributed by atoms with van der Waals surface area (Å²) in [6.45, 7) is 1.92. The van der Waals surface area contributed by atoms with Crippen molar-refractivity contribution in [2.45, 2.75) is 13.3 Å². The zero-order valence-corrected chi connectivity index (χ0v) is 15.2. The summed E-state index contributed by atoms with van der Waals surface area (Å²) in [6.07, 6.45) is -0.000510. The molecule has 1 aromatic carbocycles. The van der Waals surface area contributed by atoms with Crippen LogP contribution < -0.4 is 19.5 Å². The molecule has 2 aromatic rings. The lowest BCUT2D eigenvalue weighted by atomic mass is 10.2. The van der Waals surface area contributed by atoms with Crippen molar-refractivity contribution in [3.63, 3.8) is 0 Å². The number of nitrogens with one attached hydrogen (secondary N) is 2. The van der Waals surface area contributed by atoms with Crippen LogP contribution in [-0.4, -0.2) is 45.4 Å². The van der Waals surface area contributed by atoms with E-state index in [-0.39, 0.29) is 31.4 Å². The second kappa shape index (κ2) is 7.34. The van der Waals surface area contributed by atoms with E-state index >= 15 is 0 Å². The highest BCUT2D eigenvalue weighted by Crippen LogP contribution is 2.36. The summed E-state index contributed by atoms with van der Waals surface area (Å²) >= 11 is 0. The highest BCUT2D eigenvalue weighted by atomic mass is 32.2. The fraction of sp³-hybridized carbons (Fsp3) is 0.375. The van der Waals surface area contributed by atoms with Crippen molar-refractivity contribution in [3.8, 4) is 23.0 Å². The molecule has 10 heteroatoms. The average molecular weight is 381 g/mol. The van der Waals surface area contributed by atoms with Crippen LogP contribution in [0, 0.1) is 6.92 Å². The van der Waals surface area contributed by atoms with Crippen LogP contribution in [0.25, 0.3) is 11.5 Å². The molecule has 140 valence electrons. The molecule has 2 N–H and O–H groups in total. The molecule has 0 saturated heterocycles. The molecule has 1 amide bonds. The van der Waals surface area contributed by atoms with Crippen LogP contribution in [0.5, 0.6) is 11.5 Å². The van der Waals surface area contributed by atoms with Gasteiger partial charge in [-0.1, -0.05) is 0 Å². The Bertz CT molecular complexity index is 922. The molecule has 0 fully saturated rings. The molecule has 26 heavy (non-hydrogen) atoms. The highest BCUT2D eigenvalue weighted by Gasteiger charge is 2.19. The number of oxazole rings is 1. The molecule has 2 heterocycles. The van der Waals surface area contributed by atoms with Crippen LogP contribution in [0.2, 0.25) is 0 Å². The first-order valence-electron chi connectivity index (χ1n) is 7.92. The third-order valence-corrected chi connectivity index (χ3v) is 5.21. The molecule has 0 aliphatic carbocycles. The van der Waals surface area contributed by atoms with Crippen LogP contribution in [0.15, 0.2) is 22.6 Å². The minimum Gasteiger partial charge on any atom is -0.454 e. The number of nitrogens with zero attached hydrogens (tertiary/aromatic N) is 1. The molecule has 0 atom stereocenters. The summed E-state index contributed by atoms with van der Waals surface area (Å²) < 4.78 is 41.1. The Labute approximate surface area is 150 Å². The Morgan fingerprint density at radius 1 is 1.27 bits per heavy atom. The van der Waals surface area contributed by atoms with Gasteiger partial charge in [0.1, 0.15) is 5.76 Å². The van der Waals surface area contributed by atoms with E-state index in [0.29, 0.717) is 34.4 Å². The first-order valence-corrected chi connectivity index (χ1v) is 9.57. The van der Waals surface area contributed by atoms with E-state index < -0.39 is 10.0 Å². The van der Waals surface area contributed by atoms with Gasteiger partial charge in [0, 0.05) is 12.1 Å². The Morgan fingerprint density at radius 3 is 2.81 bits per heavy atom. The fourth-order valence-electron chi connectivity index (χ4n) is 2.39. The van der Waals surface area contributed by atoms with Gasteiger partial charge in [0.2, 0.25) is 28.6 Å². The van der Waals surface area contributed by atoms with Crippen LogP contribution in [0.1, 0.15) is 11.5 Å². The van der Waals surface area contributed by atoms with Gasteiger partial charge in [0.05, 0.1) is 17.9 Å². The molecule has 1 aliphatic heterocycles. The van der Waals surface area contributed by atoms with Gasteiger partial charge in [0.15, 0.2) is 11.5 Å². The maximum atomic E-state index is 12.0. The first-order chi connectivity index (χ1) is 12.4. The standard InChI is InChI=1S/C16H19N3O6S/c1-10-12(8-15(20)18-5-6-26(21,22)17-2)19-16(25-10)11-3-4-13-14(7-11)24-9-23-13/h3-4,7,17H,5-6,8-9H2,1-2H3,(H,18,20). The van der Waals surface area contributed by atoms with Crippen LogP contribution in [0.3, 0.4) is 0 Å². The minimum absolute atomic E-state index is 0.000510. The van der Waals surface area contributed by atoms with E-state index in [2.05, 4.69) is 15.0 Å². The minimum atomic E-state index is -3.35. The number of hydrogen-bond donors (Lipinski definition) is 2. The van der Waals surface area contributed by atoms with E-state index in [1.807, 2.05) is 0 Å². The zero-order chi connectivity index (χ0) is 18.7. The van der Waals surface area contributed by atoms with Gasteiger partial charge in [0.25, 0.3) is 0 Å². The predicted molar refractivity (Wildman–Crippen MR) is 92.4 cm³/mol. The molecule has 0 spiro atoms. The van der Waals surface area contributed by atoms with Gasteiger partial charge in [-0.25, -0.2) is 18.1 Å². The second-order valence-electron chi connectivity index (χ2n) is 5.64. The number of carbonyl (C=O) groups is 1. The van der Waals surface area contributed by atoms with Crippen LogP contribution in [-0.2, 0) is 21.2 Å². The van der Waals surface area contributed by atoms with Crippen LogP contribution in [0.4, 0.5) is 0 Å². The number of aryl methyl sites for hydroxylation is 1. The van der Waals surface area contributed by atoms with Gasteiger partial charge in [-0.15, -0.1) is 0 Å². The van der Waals surface area contributed by atoms with Crippen molar-refractivity contribution < 1.29 is 27.1 Å². The molecule has 0 radical (unpaired) electrons. The number of hydrogen-bond acceptors (Lipinski definition) is 7. The largest absolute Gasteiger partial charge is 0.454 e. The fourth-order valence-corrected chi connectivity index (χ4v) is 2.96. The predicted octanol–water partition coefficient (Wildman–Crippen LogP) is 0.587. The first kappa shape index (κ1) is 18.2. The molecule has 0 saturated carbocycles. The number of fused-ring (bicyclic) bond motifs is 1. The molecular formula is C16H19N3O6S. The van der Waals surface area contributed by atoms with E-state index in [0.717, 1.165) is 0 Å². The third kappa shape index (κ3) is 4.14. The lowest BCUT2D eigenvalue weighted by molar-refractivity contribution is -0.120. The Kier molecular flexibility index (Phi) is 5.14. The number of sulfonamides is 1. The lowest BCUT2D eigenvalue weighted by Gasteiger charge is -2.04. The Morgan fingerprint density at radius 2 is 2.04 bits per heavy atom. The summed E-state index contributed by atoms with van der Waals surface area (Å²) in [5.41, 5.74) is 1.20. The third-order valence-electron chi connectivity index (χ3n) is 3.84. The summed E-state index contributed by atoms with van der Waals surface area (Å²) in [5, 5.41) is 2.56. The second-order valence-corrected chi connectivity index (χ2v) is 7.69. The summed E-state index contributed by atoms with van der Waals surface area (Å²) in [5.74, 6) is 1.66. The normalized spacial score (nSPS) is 13.0. The van der Waals surface area contributed by atoms with Crippen molar-refractivity contribution in [3.05, 3.63) is 29.7 Å². The van der Waals surface area contributed by atoms with E-state index in [9.17, 15) is 13.2 Å². The molecule has 1 aliphatic rings. The molecular weight excluding hydrogens is 362 g/mol. The summed E-state index contributed by atoms with van der Waals surface area (Å²) in [6, 6.07) is 5.33. The number of benzene rings is 1. The molecule has 0 bridgehead atoms. The summed E-state index contributed by atoms with van der Waals surface area (Å²) in [4.78, 5) is 16.4. The van der Waals surface area contributed by atoms with Crippen molar-refractivity contribution in [1.82, 2.24) is 15.0 Å². The monoisotopic (exact) mass is 381 g/mol. The lowest BCUT2D eigenvalue weighted by Crippen LogP contribution is -2.33. The van der Waals surface area contributed by atoms with Gasteiger partial charge in [-0.2, -0.15) is 0 Å². The van der Waals surface area contributed by atoms with E-state index in [4.69, 9.17) is 13.9 Å². The molecule has 9 nitrogen and oxygen atoms in total. The number of aromatic nitrogens is 1. The van der Waals surface area contributed by atoms with Crippen molar-refractivity contribution >= 4 is 15.9 Å². The van der Waals surface area contributed by atoms with Gasteiger partial charge in [-0.3, -0.25) is 4.79 Å². The molecule has 3 rings (SSSR count). The SMILES string of the molecule is CNS(=O)(=O)CCNC(=O)Cc1nc(-c2ccc3c(c2)OCO3)oc1C. The smallest absolute Gasteiger partial charge is 0.231 e. The van der Waals surface area contributed by atoms with E-state index in [1.54, 1.807) is 25.1 Å². The quantitative estimate of drug-likeness (QED) is 0.720. The van der Waals surface area contributed by atoms with E-state index in [1.165, 1.54) is 7.05 Å². The van der Waals surface area contributed by atoms with Crippen molar-refractivity contribution in [1.29, 1.82) is 0 Å². The Hall–Kier alpha value is -2.59. The average Bonchev–Trinajstić information content (AvgIpc) is 3.21. The van der Waals surface area contributed by atoms with Gasteiger partial charge >= 0.3 is 0 Å². The summed E-state index contributed by atoms with van der Waals surface area (Å²) in [7, 11) is -2.03. The zero-order valence-electron chi connectivity index (χ0n) is 14.4. The number of rotatable bonds is 7. The van der Waals surface area contributed by atoms with Crippen molar-refractivity contribution in [2.75, 3.05) is 26.1 Å². The number of amides is 1. The highest BCUT2D eigenvalue weighted by molar-refractivity contribution is 7.89. The Balaban J connectivity index is 1.64. The van der Waals surface area contributed by atoms with Crippen LogP contribution >= 0.6 is 0 Å².